The molecule has 3 heterocycles. The Morgan fingerprint density at radius 1 is 0.946 bits per heavy atom. The zero-order valence-electron chi connectivity index (χ0n) is 21.8. The van der Waals surface area contributed by atoms with Gasteiger partial charge in [-0.2, -0.15) is 5.10 Å². The van der Waals surface area contributed by atoms with Crippen LogP contribution >= 0.6 is 0 Å². The minimum atomic E-state index is 0.790. The van der Waals surface area contributed by atoms with Crippen molar-refractivity contribution in [1.29, 1.82) is 0 Å². The summed E-state index contributed by atoms with van der Waals surface area (Å²) in [4.78, 5) is 5.09. The van der Waals surface area contributed by atoms with Gasteiger partial charge in [-0.05, 0) is 65.7 Å². The number of fused-ring (bicyclic) bond motifs is 1. The van der Waals surface area contributed by atoms with E-state index in [1.165, 1.54) is 66.5 Å². The molecule has 2 fully saturated rings. The number of allylic oxidation sites excluding steroid dienone is 2. The highest BCUT2D eigenvalue weighted by atomic mass is 16.5. The van der Waals surface area contributed by atoms with E-state index in [0.29, 0.717) is 0 Å². The number of hydrogen-bond acceptors (Lipinski definition) is 5. The van der Waals surface area contributed by atoms with E-state index in [0.717, 1.165) is 63.1 Å². The number of nitrogens with one attached hydrogen (secondary N) is 2. The fourth-order valence-electron chi connectivity index (χ4n) is 5.86. The lowest BCUT2D eigenvalue weighted by molar-refractivity contribution is 0.0342. The van der Waals surface area contributed by atoms with Crippen LogP contribution in [-0.2, 0) is 11.3 Å². The number of ether oxygens (including phenoxy) is 1. The Kier molecular flexibility index (Phi) is 7.79. The van der Waals surface area contributed by atoms with Crippen LogP contribution in [0.1, 0.15) is 41.6 Å². The second kappa shape index (κ2) is 11.7. The molecular formula is C31H39N5O. The predicted molar refractivity (Wildman–Crippen MR) is 152 cm³/mol. The molecule has 1 aliphatic carbocycles. The summed E-state index contributed by atoms with van der Waals surface area (Å²) in [7, 11) is 0. The molecule has 6 rings (SSSR count). The molecule has 2 N–H and O–H groups in total. The van der Waals surface area contributed by atoms with Gasteiger partial charge in [0.25, 0.3) is 0 Å². The first-order valence-electron chi connectivity index (χ1n) is 14.0. The molecule has 0 radical (unpaired) electrons. The van der Waals surface area contributed by atoms with Gasteiger partial charge in [0.15, 0.2) is 0 Å². The zero-order valence-corrected chi connectivity index (χ0v) is 21.8. The number of rotatable bonds is 7. The third-order valence-corrected chi connectivity index (χ3v) is 8.13. The second-order valence-corrected chi connectivity index (χ2v) is 10.8. The third-order valence-electron chi connectivity index (χ3n) is 8.13. The molecule has 2 saturated heterocycles. The van der Waals surface area contributed by atoms with Crippen LogP contribution < -0.4 is 5.32 Å². The minimum Gasteiger partial charge on any atom is -0.379 e. The molecule has 2 aliphatic heterocycles. The van der Waals surface area contributed by atoms with Gasteiger partial charge >= 0.3 is 0 Å². The van der Waals surface area contributed by atoms with Gasteiger partial charge in [-0.25, -0.2) is 0 Å². The summed E-state index contributed by atoms with van der Waals surface area (Å²) in [6.07, 6.45) is 10.4. The lowest BCUT2D eigenvalue weighted by Crippen LogP contribution is -2.45. The fraction of sp³-hybridized carbons (Fsp3) is 0.452. The highest BCUT2D eigenvalue weighted by molar-refractivity contribution is 5.91. The average Bonchev–Trinajstić information content (AvgIpc) is 3.36. The van der Waals surface area contributed by atoms with E-state index in [1.54, 1.807) is 0 Å². The van der Waals surface area contributed by atoms with E-state index in [-0.39, 0.29) is 0 Å². The lowest BCUT2D eigenvalue weighted by atomic mass is 9.86. The van der Waals surface area contributed by atoms with Crippen LogP contribution in [-0.4, -0.2) is 79.0 Å². The maximum absolute atomic E-state index is 5.46. The number of aromatic nitrogens is 2. The second-order valence-electron chi connectivity index (χ2n) is 10.8. The Balaban J connectivity index is 1.10. The first kappa shape index (κ1) is 24.6. The van der Waals surface area contributed by atoms with Gasteiger partial charge in [-0.15, -0.1) is 0 Å². The molecule has 0 amide bonds. The summed E-state index contributed by atoms with van der Waals surface area (Å²) in [6, 6.07) is 15.6. The maximum atomic E-state index is 5.46. The average molecular weight is 498 g/mol. The molecule has 0 bridgehead atoms. The van der Waals surface area contributed by atoms with Crippen molar-refractivity contribution in [2.75, 3.05) is 59.0 Å². The Labute approximate surface area is 220 Å². The van der Waals surface area contributed by atoms with Crippen LogP contribution in [0.4, 0.5) is 0 Å². The molecule has 1 unspecified atom stereocenters. The van der Waals surface area contributed by atoms with E-state index in [9.17, 15) is 0 Å². The zero-order chi connectivity index (χ0) is 24.9. The largest absolute Gasteiger partial charge is 0.379 e. The van der Waals surface area contributed by atoms with Crippen LogP contribution in [0.5, 0.6) is 0 Å². The van der Waals surface area contributed by atoms with Crippen molar-refractivity contribution < 1.29 is 4.74 Å². The molecule has 0 saturated carbocycles. The monoisotopic (exact) mass is 497 g/mol. The van der Waals surface area contributed by atoms with Crippen LogP contribution in [0.2, 0.25) is 0 Å². The van der Waals surface area contributed by atoms with Gasteiger partial charge in [-0.1, -0.05) is 42.5 Å². The van der Waals surface area contributed by atoms with E-state index < -0.39 is 0 Å². The number of benzene rings is 2. The molecule has 1 aromatic heterocycles. The number of piperazine rings is 1. The Morgan fingerprint density at radius 3 is 2.57 bits per heavy atom. The van der Waals surface area contributed by atoms with Gasteiger partial charge in [0.2, 0.25) is 0 Å². The van der Waals surface area contributed by atoms with Crippen LogP contribution in [0.15, 0.2) is 48.5 Å². The summed E-state index contributed by atoms with van der Waals surface area (Å²) in [5, 5.41) is 12.5. The molecule has 3 aliphatic rings. The maximum Gasteiger partial charge on any atom is 0.0927 e. The molecule has 0 spiro atoms. The van der Waals surface area contributed by atoms with E-state index in [2.05, 4.69) is 86.0 Å². The van der Waals surface area contributed by atoms with Crippen molar-refractivity contribution in [3.05, 3.63) is 70.9 Å². The first-order chi connectivity index (χ1) is 18.3. The quantitative estimate of drug-likeness (QED) is 0.498. The highest BCUT2D eigenvalue weighted by Gasteiger charge is 2.20. The van der Waals surface area contributed by atoms with Crippen LogP contribution in [0.25, 0.3) is 28.6 Å². The molecule has 37 heavy (non-hydrogen) atoms. The molecule has 2 aromatic carbocycles. The molecular weight excluding hydrogens is 458 g/mol. The summed E-state index contributed by atoms with van der Waals surface area (Å²) in [5.41, 5.74) is 7.48. The van der Waals surface area contributed by atoms with Crippen molar-refractivity contribution >= 4 is 28.6 Å². The van der Waals surface area contributed by atoms with Crippen molar-refractivity contribution in [2.45, 2.75) is 25.8 Å². The van der Waals surface area contributed by atoms with Gasteiger partial charge in [0.1, 0.15) is 0 Å². The SMILES string of the molecule is C1=C(c2ccc3[nH]nc(/C=C/c4ccc(CN5CCOCC5)cc4)c3c2)CCC(CN2CCNCC2)C1. The van der Waals surface area contributed by atoms with Crippen molar-refractivity contribution in [3.63, 3.8) is 0 Å². The molecule has 1 atom stereocenters. The number of aromatic amines is 1. The molecule has 194 valence electrons. The lowest BCUT2D eigenvalue weighted by Gasteiger charge is -2.32. The summed E-state index contributed by atoms with van der Waals surface area (Å²) in [6.45, 7) is 10.6. The third kappa shape index (κ3) is 6.21. The molecule has 3 aromatic rings. The Hall–Kier alpha value is -2.77. The minimum absolute atomic E-state index is 0.790. The Bertz CT molecular complexity index is 1230. The summed E-state index contributed by atoms with van der Waals surface area (Å²) >= 11 is 0. The summed E-state index contributed by atoms with van der Waals surface area (Å²) < 4.78 is 5.46. The van der Waals surface area contributed by atoms with E-state index in [1.807, 2.05) is 0 Å². The Morgan fingerprint density at radius 2 is 1.78 bits per heavy atom. The van der Waals surface area contributed by atoms with Gasteiger partial charge < -0.3 is 15.0 Å². The van der Waals surface area contributed by atoms with Gasteiger partial charge in [-0.3, -0.25) is 10.00 Å². The smallest absolute Gasteiger partial charge is 0.0927 e. The summed E-state index contributed by atoms with van der Waals surface area (Å²) in [5.74, 6) is 0.790. The highest BCUT2D eigenvalue weighted by Crippen LogP contribution is 2.32. The fourth-order valence-corrected chi connectivity index (χ4v) is 5.86. The van der Waals surface area contributed by atoms with Gasteiger partial charge in [0, 0.05) is 57.7 Å². The standard InChI is InChI=1S/C31H39N5O/c1-3-25(23-36-17-19-37-20-18-36)4-2-24(1)7-11-30-29-21-28(10-12-31(29)34-33-30)27-8-5-26(6-9-27)22-35-15-13-32-14-16-35/h1-4,7-8,10-12,21,26,32H,5-6,9,13-20,22-23H2,(H,33,34)/b11-7+. The van der Waals surface area contributed by atoms with Crippen LogP contribution in [0, 0.1) is 5.92 Å². The van der Waals surface area contributed by atoms with Crippen molar-refractivity contribution in [1.82, 2.24) is 25.3 Å². The number of nitrogens with zero attached hydrogens (tertiary/aromatic N) is 3. The number of H-pyrrole nitrogens is 1. The normalized spacial score (nSPS) is 22.1. The number of hydrogen-bond donors (Lipinski definition) is 2. The number of morpholine rings is 1. The topological polar surface area (TPSA) is 56.4 Å². The van der Waals surface area contributed by atoms with Crippen molar-refractivity contribution in [3.8, 4) is 0 Å². The van der Waals surface area contributed by atoms with E-state index in [4.69, 9.17) is 4.74 Å². The first-order valence-corrected chi connectivity index (χ1v) is 14.0. The predicted octanol–water partition coefficient (Wildman–Crippen LogP) is 4.65. The van der Waals surface area contributed by atoms with Crippen molar-refractivity contribution in [2.24, 2.45) is 5.92 Å². The van der Waals surface area contributed by atoms with Crippen LogP contribution in [0.3, 0.4) is 0 Å². The molecule has 6 heteroatoms. The molecule has 6 nitrogen and oxygen atoms in total. The van der Waals surface area contributed by atoms with Gasteiger partial charge in [0.05, 0.1) is 24.4 Å². The van der Waals surface area contributed by atoms with E-state index >= 15 is 0 Å².